The lowest BCUT2D eigenvalue weighted by atomic mass is 9.87. The van der Waals surface area contributed by atoms with E-state index in [2.05, 4.69) is 20.8 Å². The third-order valence-corrected chi connectivity index (χ3v) is 2.38. The van der Waals surface area contributed by atoms with Crippen LogP contribution >= 0.6 is 0 Å². The summed E-state index contributed by atoms with van der Waals surface area (Å²) in [6.07, 6.45) is 3.82. The number of ether oxygens (including phenoxy) is 1. The summed E-state index contributed by atoms with van der Waals surface area (Å²) in [5.41, 5.74) is 0.152. The van der Waals surface area contributed by atoms with Crippen molar-refractivity contribution < 1.29 is 4.74 Å². The highest BCUT2D eigenvalue weighted by molar-refractivity contribution is 4.77. The van der Waals surface area contributed by atoms with E-state index in [4.69, 9.17) is 4.74 Å². The fourth-order valence-electron chi connectivity index (χ4n) is 1.71. The lowest BCUT2D eigenvalue weighted by molar-refractivity contribution is -0.0727. The van der Waals surface area contributed by atoms with Gasteiger partial charge in [0, 0.05) is 6.61 Å². The quantitative estimate of drug-likeness (QED) is 0.547. The molecule has 1 fully saturated rings. The van der Waals surface area contributed by atoms with Crippen LogP contribution in [0.2, 0.25) is 0 Å². The second-order valence-electron chi connectivity index (χ2n) is 3.88. The van der Waals surface area contributed by atoms with Crippen molar-refractivity contribution >= 4 is 0 Å². The van der Waals surface area contributed by atoms with Gasteiger partial charge in [0.15, 0.2) is 0 Å². The highest BCUT2D eigenvalue weighted by Gasteiger charge is 2.27. The van der Waals surface area contributed by atoms with E-state index < -0.39 is 0 Å². The average Bonchev–Trinajstić information content (AvgIpc) is 1.86. The molecule has 0 aliphatic carbocycles. The van der Waals surface area contributed by atoms with E-state index in [-0.39, 0.29) is 5.60 Å². The third-order valence-electron chi connectivity index (χ3n) is 2.38. The molecule has 0 saturated carbocycles. The predicted molar refractivity (Wildman–Crippen MR) is 43.0 cm³/mol. The van der Waals surface area contributed by atoms with Gasteiger partial charge in [0.2, 0.25) is 0 Å². The minimum atomic E-state index is 0.152. The Hall–Kier alpha value is -0.0400. The molecule has 0 bridgehead atoms. The smallest absolute Gasteiger partial charge is 0.0629 e. The summed E-state index contributed by atoms with van der Waals surface area (Å²) in [6, 6.07) is 0. The zero-order chi connectivity index (χ0) is 7.61. The molecule has 1 heterocycles. The van der Waals surface area contributed by atoms with E-state index in [9.17, 15) is 0 Å². The Kier molecular flexibility index (Phi) is 2.35. The second kappa shape index (κ2) is 2.91. The summed E-state index contributed by atoms with van der Waals surface area (Å²) in [4.78, 5) is 0. The van der Waals surface area contributed by atoms with Gasteiger partial charge in [0.05, 0.1) is 5.60 Å². The highest BCUT2D eigenvalue weighted by atomic mass is 16.5. The molecule has 10 heavy (non-hydrogen) atoms. The molecule has 1 nitrogen and oxygen atoms in total. The zero-order valence-electron chi connectivity index (χ0n) is 7.31. The van der Waals surface area contributed by atoms with E-state index in [1.807, 2.05) is 0 Å². The van der Waals surface area contributed by atoms with E-state index in [0.717, 1.165) is 12.5 Å². The van der Waals surface area contributed by atoms with Crippen molar-refractivity contribution in [3.63, 3.8) is 0 Å². The molecule has 1 heteroatoms. The first-order valence-electron chi connectivity index (χ1n) is 4.28. The molecule has 60 valence electrons. The third kappa shape index (κ3) is 1.98. The molecule has 1 aliphatic rings. The van der Waals surface area contributed by atoms with Crippen LogP contribution in [-0.4, -0.2) is 12.2 Å². The Morgan fingerprint density at radius 1 is 1.50 bits per heavy atom. The fourth-order valence-corrected chi connectivity index (χ4v) is 1.71. The average molecular weight is 142 g/mol. The second-order valence-corrected chi connectivity index (χ2v) is 3.88. The van der Waals surface area contributed by atoms with Gasteiger partial charge in [-0.1, -0.05) is 13.3 Å². The van der Waals surface area contributed by atoms with Crippen molar-refractivity contribution in [3.8, 4) is 0 Å². The van der Waals surface area contributed by atoms with Crippen molar-refractivity contribution in [2.45, 2.75) is 45.6 Å². The van der Waals surface area contributed by atoms with E-state index in [1.165, 1.54) is 19.3 Å². The van der Waals surface area contributed by atoms with Crippen LogP contribution in [-0.2, 0) is 4.74 Å². The summed E-state index contributed by atoms with van der Waals surface area (Å²) in [7, 11) is 0. The first-order chi connectivity index (χ1) is 4.64. The molecule has 1 saturated heterocycles. The molecule has 0 amide bonds. The Labute approximate surface area is 63.8 Å². The van der Waals surface area contributed by atoms with Crippen molar-refractivity contribution in [1.29, 1.82) is 0 Å². The number of hydrogen-bond acceptors (Lipinski definition) is 1. The molecular weight excluding hydrogens is 124 g/mol. The van der Waals surface area contributed by atoms with Crippen LogP contribution in [0.1, 0.15) is 40.0 Å². The van der Waals surface area contributed by atoms with E-state index in [1.54, 1.807) is 0 Å². The van der Waals surface area contributed by atoms with Gasteiger partial charge >= 0.3 is 0 Å². The molecule has 1 atom stereocenters. The van der Waals surface area contributed by atoms with Gasteiger partial charge in [-0.25, -0.2) is 0 Å². The lowest BCUT2D eigenvalue weighted by Gasteiger charge is -2.35. The summed E-state index contributed by atoms with van der Waals surface area (Å²) < 4.78 is 5.60. The summed E-state index contributed by atoms with van der Waals surface area (Å²) >= 11 is 0. The Balaban J connectivity index is 2.40. The SMILES string of the molecule is CC[C@@H]1CCOC(C)(C)C1. The molecule has 1 aliphatic heterocycles. The summed E-state index contributed by atoms with van der Waals surface area (Å²) in [6.45, 7) is 7.61. The van der Waals surface area contributed by atoms with Gasteiger partial charge in [0.25, 0.3) is 0 Å². The lowest BCUT2D eigenvalue weighted by Crippen LogP contribution is -2.33. The van der Waals surface area contributed by atoms with Gasteiger partial charge in [0.1, 0.15) is 0 Å². The minimum Gasteiger partial charge on any atom is -0.376 e. The van der Waals surface area contributed by atoms with Gasteiger partial charge < -0.3 is 4.74 Å². The van der Waals surface area contributed by atoms with Crippen LogP contribution in [0.15, 0.2) is 0 Å². The Bertz CT molecular complexity index is 107. The van der Waals surface area contributed by atoms with Crippen LogP contribution in [0.4, 0.5) is 0 Å². The Morgan fingerprint density at radius 3 is 2.60 bits per heavy atom. The molecule has 0 N–H and O–H groups in total. The van der Waals surface area contributed by atoms with Crippen molar-refractivity contribution in [2.24, 2.45) is 5.92 Å². The van der Waals surface area contributed by atoms with Crippen molar-refractivity contribution in [1.82, 2.24) is 0 Å². The Morgan fingerprint density at radius 2 is 2.20 bits per heavy atom. The van der Waals surface area contributed by atoms with E-state index in [0.29, 0.717) is 0 Å². The zero-order valence-corrected chi connectivity index (χ0v) is 7.31. The van der Waals surface area contributed by atoms with Crippen LogP contribution in [0, 0.1) is 5.92 Å². The predicted octanol–water partition coefficient (Wildman–Crippen LogP) is 2.60. The molecule has 0 aromatic rings. The molecule has 0 radical (unpaired) electrons. The molecule has 0 aromatic carbocycles. The molecule has 1 rings (SSSR count). The highest BCUT2D eigenvalue weighted by Crippen LogP contribution is 2.29. The van der Waals surface area contributed by atoms with Crippen molar-refractivity contribution in [2.75, 3.05) is 6.61 Å². The van der Waals surface area contributed by atoms with Crippen LogP contribution in [0.25, 0.3) is 0 Å². The van der Waals surface area contributed by atoms with Gasteiger partial charge in [-0.3, -0.25) is 0 Å². The largest absolute Gasteiger partial charge is 0.376 e. The first kappa shape index (κ1) is 8.06. The van der Waals surface area contributed by atoms with Crippen molar-refractivity contribution in [3.05, 3.63) is 0 Å². The minimum absolute atomic E-state index is 0.152. The van der Waals surface area contributed by atoms with Gasteiger partial charge in [-0.2, -0.15) is 0 Å². The molecular formula is C9H18O. The monoisotopic (exact) mass is 142 g/mol. The topological polar surface area (TPSA) is 9.23 Å². The normalized spacial score (nSPS) is 32.1. The first-order valence-corrected chi connectivity index (χ1v) is 4.28. The van der Waals surface area contributed by atoms with E-state index >= 15 is 0 Å². The van der Waals surface area contributed by atoms with Gasteiger partial charge in [-0.05, 0) is 32.6 Å². The van der Waals surface area contributed by atoms with Crippen LogP contribution in [0.5, 0.6) is 0 Å². The van der Waals surface area contributed by atoms with Crippen LogP contribution in [0.3, 0.4) is 0 Å². The molecule has 0 unspecified atom stereocenters. The standard InChI is InChI=1S/C9H18O/c1-4-8-5-6-10-9(2,3)7-8/h8H,4-7H2,1-3H3/t8-/m1/s1. The number of rotatable bonds is 1. The maximum atomic E-state index is 5.60. The molecule has 0 aromatic heterocycles. The number of hydrogen-bond donors (Lipinski definition) is 0. The van der Waals surface area contributed by atoms with Gasteiger partial charge in [-0.15, -0.1) is 0 Å². The summed E-state index contributed by atoms with van der Waals surface area (Å²) in [5.74, 6) is 0.906. The maximum absolute atomic E-state index is 5.60. The summed E-state index contributed by atoms with van der Waals surface area (Å²) in [5, 5.41) is 0. The fraction of sp³-hybridized carbons (Fsp3) is 1.00. The maximum Gasteiger partial charge on any atom is 0.0629 e. The van der Waals surface area contributed by atoms with Crippen LogP contribution < -0.4 is 0 Å². The molecule has 0 spiro atoms.